The van der Waals surface area contributed by atoms with Gasteiger partial charge in [-0.2, -0.15) is 0 Å². The van der Waals surface area contributed by atoms with E-state index in [0.29, 0.717) is 29.0 Å². The number of unbranched alkanes of at least 4 members (excludes halogenated alkanes) is 1. The van der Waals surface area contributed by atoms with Gasteiger partial charge in [0.25, 0.3) is 11.8 Å². The van der Waals surface area contributed by atoms with Crippen LogP contribution in [-0.2, 0) is 4.79 Å². The first kappa shape index (κ1) is 23.9. The minimum atomic E-state index is -0.327. The maximum atomic E-state index is 12.3. The van der Waals surface area contributed by atoms with Crippen molar-refractivity contribution in [2.24, 2.45) is 0 Å². The molecule has 7 nitrogen and oxygen atoms in total. The standard InChI is InChI=1S/C24H32N4O3/c1-5-6-14-25-22(30)17-10-12-19(13-11-17)27-21(29)16-26-20-9-7-8-18(15-20)23(31)28-24(2,3)4/h7-13,15,26H,5-6,14,16H2,1-4H3,(H,25,30)(H,27,29)(H,28,31). The molecule has 0 saturated carbocycles. The highest BCUT2D eigenvalue weighted by atomic mass is 16.2. The van der Waals surface area contributed by atoms with Crippen molar-refractivity contribution < 1.29 is 14.4 Å². The lowest BCUT2D eigenvalue weighted by atomic mass is 10.1. The molecule has 0 radical (unpaired) electrons. The van der Waals surface area contributed by atoms with Gasteiger partial charge in [-0.15, -0.1) is 0 Å². The van der Waals surface area contributed by atoms with Crippen LogP contribution in [-0.4, -0.2) is 36.3 Å². The summed E-state index contributed by atoms with van der Waals surface area (Å²) in [5.74, 6) is -0.521. The predicted octanol–water partition coefficient (Wildman–Crippen LogP) is 3.80. The number of carbonyl (C=O) groups excluding carboxylic acids is 3. The van der Waals surface area contributed by atoms with Crippen molar-refractivity contribution in [2.45, 2.75) is 46.1 Å². The first-order valence-corrected chi connectivity index (χ1v) is 10.5. The van der Waals surface area contributed by atoms with Crippen LogP contribution in [0, 0.1) is 0 Å². The summed E-state index contributed by atoms with van der Waals surface area (Å²) in [4.78, 5) is 36.6. The molecule has 0 heterocycles. The van der Waals surface area contributed by atoms with Crippen molar-refractivity contribution in [1.82, 2.24) is 10.6 Å². The van der Waals surface area contributed by atoms with Gasteiger partial charge in [-0.25, -0.2) is 0 Å². The van der Waals surface area contributed by atoms with E-state index in [1.807, 2.05) is 20.8 Å². The maximum absolute atomic E-state index is 12.3. The third kappa shape index (κ3) is 8.50. The highest BCUT2D eigenvalue weighted by Gasteiger charge is 2.15. The Morgan fingerprint density at radius 1 is 0.871 bits per heavy atom. The number of amides is 3. The molecule has 2 aromatic carbocycles. The van der Waals surface area contributed by atoms with Gasteiger partial charge in [-0.3, -0.25) is 14.4 Å². The van der Waals surface area contributed by atoms with Crippen molar-refractivity contribution in [3.05, 3.63) is 59.7 Å². The molecular formula is C24H32N4O3. The van der Waals surface area contributed by atoms with Crippen molar-refractivity contribution in [2.75, 3.05) is 23.7 Å². The predicted molar refractivity (Wildman–Crippen MR) is 124 cm³/mol. The van der Waals surface area contributed by atoms with Gasteiger partial charge in [0.2, 0.25) is 5.91 Å². The van der Waals surface area contributed by atoms with Gasteiger partial charge >= 0.3 is 0 Å². The van der Waals surface area contributed by atoms with Gasteiger partial charge in [0, 0.05) is 34.6 Å². The summed E-state index contributed by atoms with van der Waals surface area (Å²) >= 11 is 0. The first-order valence-electron chi connectivity index (χ1n) is 10.5. The Labute approximate surface area is 184 Å². The van der Waals surface area contributed by atoms with E-state index in [9.17, 15) is 14.4 Å². The van der Waals surface area contributed by atoms with Crippen LogP contribution in [0.1, 0.15) is 61.3 Å². The van der Waals surface area contributed by atoms with E-state index in [4.69, 9.17) is 0 Å². The van der Waals surface area contributed by atoms with E-state index in [1.165, 1.54) is 0 Å². The summed E-state index contributed by atoms with van der Waals surface area (Å²) in [5.41, 5.74) is 2.03. The Morgan fingerprint density at radius 2 is 1.58 bits per heavy atom. The maximum Gasteiger partial charge on any atom is 0.251 e. The van der Waals surface area contributed by atoms with Gasteiger partial charge in [-0.1, -0.05) is 19.4 Å². The Kier molecular flexibility index (Phi) is 8.61. The molecule has 0 bridgehead atoms. The van der Waals surface area contributed by atoms with Gasteiger partial charge in [0.05, 0.1) is 6.54 Å². The molecule has 3 amide bonds. The molecule has 0 aliphatic rings. The molecule has 0 atom stereocenters. The highest BCUT2D eigenvalue weighted by molar-refractivity contribution is 5.97. The van der Waals surface area contributed by atoms with E-state index in [-0.39, 0.29) is 29.8 Å². The Hall–Kier alpha value is -3.35. The summed E-state index contributed by atoms with van der Waals surface area (Å²) in [7, 11) is 0. The highest BCUT2D eigenvalue weighted by Crippen LogP contribution is 2.13. The zero-order chi connectivity index (χ0) is 22.9. The normalized spacial score (nSPS) is 10.8. The molecule has 0 aromatic heterocycles. The molecule has 166 valence electrons. The third-order valence-corrected chi connectivity index (χ3v) is 4.31. The van der Waals surface area contributed by atoms with E-state index >= 15 is 0 Å². The smallest absolute Gasteiger partial charge is 0.251 e. The quantitative estimate of drug-likeness (QED) is 0.460. The molecule has 7 heteroatoms. The zero-order valence-electron chi connectivity index (χ0n) is 18.7. The number of hydrogen-bond acceptors (Lipinski definition) is 4. The fourth-order valence-corrected chi connectivity index (χ4v) is 2.76. The molecule has 0 aliphatic heterocycles. The molecule has 31 heavy (non-hydrogen) atoms. The average Bonchev–Trinajstić information content (AvgIpc) is 2.72. The van der Waals surface area contributed by atoms with Gasteiger partial charge < -0.3 is 21.3 Å². The molecule has 0 unspecified atom stereocenters. The van der Waals surface area contributed by atoms with E-state index in [1.54, 1.807) is 48.5 Å². The molecule has 0 saturated heterocycles. The van der Waals surface area contributed by atoms with Crippen LogP contribution in [0.4, 0.5) is 11.4 Å². The Bertz CT molecular complexity index is 902. The van der Waals surface area contributed by atoms with E-state index in [2.05, 4.69) is 28.2 Å². The molecular weight excluding hydrogens is 392 g/mol. The molecule has 0 fully saturated rings. The monoisotopic (exact) mass is 424 g/mol. The lowest BCUT2D eigenvalue weighted by Crippen LogP contribution is -2.40. The summed E-state index contributed by atoms with van der Waals surface area (Å²) in [6.45, 7) is 8.52. The topological polar surface area (TPSA) is 99.3 Å². The Morgan fingerprint density at radius 3 is 2.23 bits per heavy atom. The van der Waals surface area contributed by atoms with Gasteiger partial charge in [-0.05, 0) is 69.7 Å². The van der Waals surface area contributed by atoms with Gasteiger partial charge in [0.15, 0.2) is 0 Å². The molecule has 0 aliphatic carbocycles. The number of hydrogen-bond donors (Lipinski definition) is 4. The van der Waals surface area contributed by atoms with Crippen LogP contribution in [0.25, 0.3) is 0 Å². The van der Waals surface area contributed by atoms with Crippen LogP contribution < -0.4 is 21.3 Å². The van der Waals surface area contributed by atoms with E-state index in [0.717, 1.165) is 12.8 Å². The van der Waals surface area contributed by atoms with Gasteiger partial charge in [0.1, 0.15) is 0 Å². The third-order valence-electron chi connectivity index (χ3n) is 4.31. The summed E-state index contributed by atoms with van der Waals surface area (Å²) in [6.07, 6.45) is 1.96. The summed E-state index contributed by atoms with van der Waals surface area (Å²) in [6, 6.07) is 13.8. The van der Waals surface area contributed by atoms with Crippen molar-refractivity contribution in [3.63, 3.8) is 0 Å². The summed E-state index contributed by atoms with van der Waals surface area (Å²) in [5, 5.41) is 11.6. The van der Waals surface area contributed by atoms with Crippen LogP contribution in [0.5, 0.6) is 0 Å². The minimum absolute atomic E-state index is 0.0452. The molecule has 2 rings (SSSR count). The van der Waals surface area contributed by atoms with Crippen LogP contribution >= 0.6 is 0 Å². The molecule has 4 N–H and O–H groups in total. The minimum Gasteiger partial charge on any atom is -0.376 e. The number of rotatable bonds is 9. The molecule has 2 aromatic rings. The average molecular weight is 425 g/mol. The van der Waals surface area contributed by atoms with Crippen LogP contribution in [0.2, 0.25) is 0 Å². The number of anilines is 2. The number of benzene rings is 2. The number of carbonyl (C=O) groups is 3. The summed E-state index contributed by atoms with van der Waals surface area (Å²) < 4.78 is 0. The van der Waals surface area contributed by atoms with Crippen molar-refractivity contribution >= 4 is 29.1 Å². The lowest BCUT2D eigenvalue weighted by Gasteiger charge is -2.20. The van der Waals surface area contributed by atoms with Crippen LogP contribution in [0.3, 0.4) is 0 Å². The fourth-order valence-electron chi connectivity index (χ4n) is 2.76. The lowest BCUT2D eigenvalue weighted by molar-refractivity contribution is -0.114. The fraction of sp³-hybridized carbons (Fsp3) is 0.375. The SMILES string of the molecule is CCCCNC(=O)c1ccc(NC(=O)CNc2cccc(C(=O)NC(C)(C)C)c2)cc1. The largest absolute Gasteiger partial charge is 0.376 e. The zero-order valence-corrected chi connectivity index (χ0v) is 18.7. The van der Waals surface area contributed by atoms with Crippen molar-refractivity contribution in [1.29, 1.82) is 0 Å². The van der Waals surface area contributed by atoms with E-state index < -0.39 is 0 Å². The first-order chi connectivity index (χ1) is 14.7. The second-order valence-electron chi connectivity index (χ2n) is 8.37. The second-order valence-corrected chi connectivity index (χ2v) is 8.37. The van der Waals surface area contributed by atoms with Crippen molar-refractivity contribution in [3.8, 4) is 0 Å². The second kappa shape index (κ2) is 11.2. The number of nitrogens with one attached hydrogen (secondary N) is 4. The van der Waals surface area contributed by atoms with Crippen LogP contribution in [0.15, 0.2) is 48.5 Å². The molecule has 0 spiro atoms. The Balaban J connectivity index is 1.86.